The molecule has 23 heavy (non-hydrogen) atoms. The van der Waals surface area contributed by atoms with E-state index < -0.39 is 0 Å². The fourth-order valence-corrected chi connectivity index (χ4v) is 3.02. The molecule has 0 radical (unpaired) electrons. The van der Waals surface area contributed by atoms with Gasteiger partial charge in [-0.2, -0.15) is 4.52 Å². The Morgan fingerprint density at radius 2 is 2.22 bits per heavy atom. The lowest BCUT2D eigenvalue weighted by Crippen LogP contribution is -2.36. The van der Waals surface area contributed by atoms with Gasteiger partial charge in [0.15, 0.2) is 11.5 Å². The molecule has 0 bridgehead atoms. The molecular formula is C15H19N7O. The fraction of sp³-hybridized carbons (Fsp3) is 0.467. The normalized spacial score (nSPS) is 21.8. The van der Waals surface area contributed by atoms with Crippen LogP contribution in [0.3, 0.4) is 0 Å². The molecule has 0 amide bonds. The van der Waals surface area contributed by atoms with E-state index in [9.17, 15) is 0 Å². The minimum absolute atomic E-state index is 0.287. The molecule has 4 rings (SSSR count). The Morgan fingerprint density at radius 3 is 2.91 bits per heavy atom. The lowest BCUT2D eigenvalue weighted by atomic mass is 9.95. The summed E-state index contributed by atoms with van der Waals surface area (Å²) in [6.45, 7) is 5.01. The number of rotatable bonds is 2. The van der Waals surface area contributed by atoms with E-state index in [-0.39, 0.29) is 5.95 Å². The first-order valence-electron chi connectivity index (χ1n) is 7.79. The van der Waals surface area contributed by atoms with Crippen molar-refractivity contribution >= 4 is 11.6 Å². The first kappa shape index (κ1) is 14.1. The summed E-state index contributed by atoms with van der Waals surface area (Å²) in [6.07, 6.45) is 5.29. The van der Waals surface area contributed by atoms with Crippen LogP contribution in [0.1, 0.15) is 37.1 Å². The van der Waals surface area contributed by atoms with Crippen LogP contribution in [0.25, 0.3) is 17.2 Å². The van der Waals surface area contributed by atoms with Crippen molar-refractivity contribution in [3.05, 3.63) is 23.8 Å². The first-order valence-corrected chi connectivity index (χ1v) is 7.79. The molecule has 8 heteroatoms. The number of fused-ring (bicyclic) bond motifs is 1. The molecule has 0 aromatic carbocycles. The SMILES string of the molecule is Cc1c(-c2ncco2)nc(N)n2nc([C@@H]3CC[C@H](C)NC3)nc12. The maximum Gasteiger partial charge on any atom is 0.245 e. The van der Waals surface area contributed by atoms with Crippen LogP contribution in [0, 0.1) is 6.92 Å². The smallest absolute Gasteiger partial charge is 0.245 e. The molecule has 3 N–H and O–H groups in total. The summed E-state index contributed by atoms with van der Waals surface area (Å²) >= 11 is 0. The van der Waals surface area contributed by atoms with Gasteiger partial charge in [-0.3, -0.25) is 0 Å². The third-order valence-electron chi connectivity index (χ3n) is 4.42. The summed E-state index contributed by atoms with van der Waals surface area (Å²) in [6, 6.07) is 0.549. The highest BCUT2D eigenvalue weighted by molar-refractivity contribution is 5.65. The molecule has 120 valence electrons. The Labute approximate surface area is 133 Å². The zero-order chi connectivity index (χ0) is 16.0. The van der Waals surface area contributed by atoms with Crippen molar-refractivity contribution in [2.75, 3.05) is 12.3 Å². The molecule has 0 unspecified atom stereocenters. The minimum Gasteiger partial charge on any atom is -0.443 e. The summed E-state index contributed by atoms with van der Waals surface area (Å²) in [5, 5.41) is 8.05. The lowest BCUT2D eigenvalue weighted by Gasteiger charge is -2.25. The number of aryl methyl sites for hydroxylation is 1. The highest BCUT2D eigenvalue weighted by Gasteiger charge is 2.25. The van der Waals surface area contributed by atoms with Crippen LogP contribution in [-0.2, 0) is 0 Å². The van der Waals surface area contributed by atoms with Crippen molar-refractivity contribution in [3.63, 3.8) is 0 Å². The van der Waals surface area contributed by atoms with Gasteiger partial charge in [0.05, 0.1) is 6.20 Å². The molecule has 1 saturated heterocycles. The second kappa shape index (κ2) is 5.31. The number of anilines is 1. The van der Waals surface area contributed by atoms with Crippen LogP contribution in [0.2, 0.25) is 0 Å². The molecule has 1 fully saturated rings. The van der Waals surface area contributed by atoms with Gasteiger partial charge in [-0.1, -0.05) is 0 Å². The first-order chi connectivity index (χ1) is 11.1. The van der Waals surface area contributed by atoms with Crippen LogP contribution in [0.4, 0.5) is 5.95 Å². The Balaban J connectivity index is 1.79. The highest BCUT2D eigenvalue weighted by atomic mass is 16.3. The van der Waals surface area contributed by atoms with Gasteiger partial charge in [-0.05, 0) is 26.7 Å². The Morgan fingerprint density at radius 1 is 1.35 bits per heavy atom. The van der Waals surface area contributed by atoms with Crippen LogP contribution >= 0.6 is 0 Å². The Hall–Kier alpha value is -2.48. The maximum atomic E-state index is 6.06. The van der Waals surface area contributed by atoms with Gasteiger partial charge in [-0.15, -0.1) is 5.10 Å². The highest BCUT2D eigenvalue weighted by Crippen LogP contribution is 2.27. The monoisotopic (exact) mass is 313 g/mol. The molecule has 1 aliphatic heterocycles. The number of oxazole rings is 1. The number of nitrogens with two attached hydrogens (primary N) is 1. The van der Waals surface area contributed by atoms with E-state index in [1.165, 1.54) is 6.26 Å². The van der Waals surface area contributed by atoms with Crippen molar-refractivity contribution in [3.8, 4) is 11.6 Å². The van der Waals surface area contributed by atoms with E-state index in [1.807, 2.05) is 6.92 Å². The molecule has 3 aromatic rings. The summed E-state index contributed by atoms with van der Waals surface area (Å²) < 4.78 is 6.95. The molecule has 0 saturated carbocycles. The minimum atomic E-state index is 0.287. The number of aromatic nitrogens is 5. The average Bonchev–Trinajstić information content (AvgIpc) is 3.21. The van der Waals surface area contributed by atoms with E-state index in [4.69, 9.17) is 15.1 Å². The third kappa shape index (κ3) is 2.35. The van der Waals surface area contributed by atoms with Gasteiger partial charge >= 0.3 is 0 Å². The zero-order valence-electron chi connectivity index (χ0n) is 13.2. The molecular weight excluding hydrogens is 294 g/mol. The van der Waals surface area contributed by atoms with E-state index in [2.05, 4.69) is 27.3 Å². The number of nitrogens with zero attached hydrogens (tertiary/aromatic N) is 5. The second-order valence-electron chi connectivity index (χ2n) is 6.07. The van der Waals surface area contributed by atoms with E-state index in [0.717, 1.165) is 30.8 Å². The number of nitrogen functional groups attached to an aromatic ring is 1. The number of piperidine rings is 1. The van der Waals surface area contributed by atoms with Gasteiger partial charge in [0.1, 0.15) is 12.0 Å². The number of nitrogens with one attached hydrogen (secondary N) is 1. The summed E-state index contributed by atoms with van der Waals surface area (Å²) in [5.41, 5.74) is 8.23. The van der Waals surface area contributed by atoms with Crippen molar-refractivity contribution < 1.29 is 4.42 Å². The average molecular weight is 313 g/mol. The molecule has 4 heterocycles. The predicted octanol–water partition coefficient (Wildman–Crippen LogP) is 1.53. The van der Waals surface area contributed by atoms with Crippen LogP contribution < -0.4 is 11.1 Å². The van der Waals surface area contributed by atoms with Crippen molar-refractivity contribution in [2.24, 2.45) is 0 Å². The van der Waals surface area contributed by atoms with Gasteiger partial charge in [0, 0.05) is 24.1 Å². The number of hydrogen-bond acceptors (Lipinski definition) is 7. The van der Waals surface area contributed by atoms with Gasteiger partial charge in [0.2, 0.25) is 11.8 Å². The van der Waals surface area contributed by atoms with E-state index in [0.29, 0.717) is 29.2 Å². The Bertz CT molecular complexity index is 831. The summed E-state index contributed by atoms with van der Waals surface area (Å²) in [7, 11) is 0. The molecule has 1 aliphatic rings. The quantitative estimate of drug-likeness (QED) is 0.738. The number of hydrogen-bond donors (Lipinski definition) is 2. The van der Waals surface area contributed by atoms with Crippen molar-refractivity contribution in [1.82, 2.24) is 29.9 Å². The maximum absolute atomic E-state index is 6.06. The van der Waals surface area contributed by atoms with E-state index >= 15 is 0 Å². The topological polar surface area (TPSA) is 107 Å². The van der Waals surface area contributed by atoms with E-state index in [1.54, 1.807) is 10.7 Å². The predicted molar refractivity (Wildman–Crippen MR) is 84.9 cm³/mol. The fourth-order valence-electron chi connectivity index (χ4n) is 3.02. The van der Waals surface area contributed by atoms with Crippen LogP contribution in [0.15, 0.2) is 16.9 Å². The summed E-state index contributed by atoms with van der Waals surface area (Å²) in [4.78, 5) is 13.2. The van der Waals surface area contributed by atoms with Gasteiger partial charge in [0.25, 0.3) is 0 Å². The zero-order valence-corrected chi connectivity index (χ0v) is 13.2. The molecule has 0 aliphatic carbocycles. The molecule has 2 atom stereocenters. The molecule has 3 aromatic heterocycles. The van der Waals surface area contributed by atoms with Gasteiger partial charge < -0.3 is 15.5 Å². The van der Waals surface area contributed by atoms with Crippen molar-refractivity contribution in [2.45, 2.75) is 38.6 Å². The Kier molecular flexibility index (Phi) is 3.26. The van der Waals surface area contributed by atoms with Crippen LogP contribution in [0.5, 0.6) is 0 Å². The van der Waals surface area contributed by atoms with Gasteiger partial charge in [-0.25, -0.2) is 15.0 Å². The molecule has 8 nitrogen and oxygen atoms in total. The van der Waals surface area contributed by atoms with Crippen molar-refractivity contribution in [1.29, 1.82) is 0 Å². The lowest BCUT2D eigenvalue weighted by molar-refractivity contribution is 0.376. The second-order valence-corrected chi connectivity index (χ2v) is 6.07. The molecule has 0 spiro atoms. The standard InChI is InChI=1S/C15H19N7O/c1-8-3-4-10(7-18-8)12-20-13-9(2)11(14-17-5-6-23-14)19-15(16)22(13)21-12/h5-6,8,10,18H,3-4,7H2,1-2H3,(H2,16,19)/t8-,10+/m0/s1. The largest absolute Gasteiger partial charge is 0.443 e. The van der Waals surface area contributed by atoms with Crippen LogP contribution in [-0.4, -0.2) is 37.2 Å². The summed E-state index contributed by atoms with van der Waals surface area (Å²) in [5.74, 6) is 1.84. The third-order valence-corrected chi connectivity index (χ3v) is 4.42.